The van der Waals surface area contributed by atoms with E-state index in [1.807, 2.05) is 0 Å². The molecule has 0 aliphatic rings. The van der Waals surface area contributed by atoms with Crippen molar-refractivity contribution in [3.8, 4) is 0 Å². The summed E-state index contributed by atoms with van der Waals surface area (Å²) in [5.41, 5.74) is 2.25. The van der Waals surface area contributed by atoms with Gasteiger partial charge in [-0.3, -0.25) is 14.4 Å². The lowest BCUT2D eigenvalue weighted by molar-refractivity contribution is -0.117. The maximum absolute atomic E-state index is 12.8. The zero-order chi connectivity index (χ0) is 19.8. The highest BCUT2D eigenvalue weighted by Gasteiger charge is 2.08. The molecule has 0 saturated carbocycles. The fourth-order valence-electron chi connectivity index (χ4n) is 2.31. The van der Waals surface area contributed by atoms with E-state index in [2.05, 4.69) is 10.6 Å². The fourth-order valence-corrected chi connectivity index (χ4v) is 2.31. The molecule has 6 heteroatoms. The number of rotatable bonds is 7. The van der Waals surface area contributed by atoms with E-state index in [1.165, 1.54) is 25.1 Å². The number of halogens is 1. The second kappa shape index (κ2) is 9.43. The maximum atomic E-state index is 12.8. The summed E-state index contributed by atoms with van der Waals surface area (Å²) in [6.45, 7) is 3.39. The van der Waals surface area contributed by atoms with Crippen molar-refractivity contribution < 1.29 is 18.8 Å². The van der Waals surface area contributed by atoms with Crippen molar-refractivity contribution in [2.75, 3.05) is 11.9 Å². The Labute approximate surface area is 157 Å². The first kappa shape index (κ1) is 20.0. The molecular formula is C21H21FN2O3. The lowest BCUT2D eigenvalue weighted by Gasteiger charge is -2.07. The molecule has 0 bridgehead atoms. The van der Waals surface area contributed by atoms with Gasteiger partial charge in [0.25, 0.3) is 5.91 Å². The van der Waals surface area contributed by atoms with Gasteiger partial charge in [-0.05, 0) is 62.2 Å². The summed E-state index contributed by atoms with van der Waals surface area (Å²) in [6.07, 6.45) is 1.79. The van der Waals surface area contributed by atoms with E-state index in [-0.39, 0.29) is 23.1 Å². The van der Waals surface area contributed by atoms with Crippen molar-refractivity contribution >= 4 is 23.3 Å². The summed E-state index contributed by atoms with van der Waals surface area (Å²) in [5.74, 6) is -1.14. The van der Waals surface area contributed by atoms with Gasteiger partial charge in [-0.25, -0.2) is 4.39 Å². The fraction of sp³-hybridized carbons (Fsp3) is 0.190. The molecule has 0 fully saturated rings. The topological polar surface area (TPSA) is 75.3 Å². The minimum Gasteiger partial charge on any atom is -0.352 e. The van der Waals surface area contributed by atoms with Crippen LogP contribution in [0.25, 0.3) is 0 Å². The lowest BCUT2D eigenvalue weighted by atomic mass is 10.1. The van der Waals surface area contributed by atoms with E-state index < -0.39 is 5.91 Å². The number of benzene rings is 2. The van der Waals surface area contributed by atoms with Crippen LogP contribution < -0.4 is 10.6 Å². The van der Waals surface area contributed by atoms with E-state index in [0.29, 0.717) is 24.2 Å². The molecule has 2 N–H and O–H groups in total. The third-order valence-electron chi connectivity index (χ3n) is 3.88. The van der Waals surface area contributed by atoms with Crippen LogP contribution in [0, 0.1) is 5.82 Å². The predicted molar refractivity (Wildman–Crippen MR) is 102 cm³/mol. The Morgan fingerprint density at radius 2 is 1.59 bits per heavy atom. The van der Waals surface area contributed by atoms with Crippen LogP contribution in [-0.4, -0.2) is 24.1 Å². The first-order valence-electron chi connectivity index (χ1n) is 8.48. The molecule has 2 amide bonds. The number of nitrogens with one attached hydrogen (secondary N) is 2. The molecular weight excluding hydrogens is 347 g/mol. The minimum absolute atomic E-state index is 0.0544. The van der Waals surface area contributed by atoms with Crippen molar-refractivity contribution in [3.63, 3.8) is 0 Å². The molecule has 5 nitrogen and oxygen atoms in total. The number of hydrogen-bond acceptors (Lipinski definition) is 3. The second-order valence-electron chi connectivity index (χ2n) is 6.08. The quantitative estimate of drug-likeness (QED) is 0.582. The Morgan fingerprint density at radius 1 is 0.963 bits per heavy atom. The largest absolute Gasteiger partial charge is 0.352 e. The van der Waals surface area contributed by atoms with E-state index in [1.54, 1.807) is 43.3 Å². The zero-order valence-corrected chi connectivity index (χ0v) is 15.2. The number of amides is 2. The van der Waals surface area contributed by atoms with E-state index in [0.717, 1.165) is 5.56 Å². The average molecular weight is 368 g/mol. The van der Waals surface area contributed by atoms with Gasteiger partial charge in [-0.15, -0.1) is 0 Å². The average Bonchev–Trinajstić information content (AvgIpc) is 2.63. The summed E-state index contributed by atoms with van der Waals surface area (Å²) < 4.78 is 12.8. The Hall–Kier alpha value is -3.28. The second-order valence-corrected chi connectivity index (χ2v) is 6.08. The van der Waals surface area contributed by atoms with Crippen LogP contribution in [0.1, 0.15) is 29.8 Å². The molecule has 2 aromatic rings. The van der Waals surface area contributed by atoms with Gasteiger partial charge < -0.3 is 10.6 Å². The van der Waals surface area contributed by atoms with Gasteiger partial charge >= 0.3 is 0 Å². The normalized spacial score (nSPS) is 11.0. The van der Waals surface area contributed by atoms with Crippen LogP contribution in [0.5, 0.6) is 0 Å². The van der Waals surface area contributed by atoms with Gasteiger partial charge in [0.1, 0.15) is 5.82 Å². The van der Waals surface area contributed by atoms with Crippen LogP contribution in [0.2, 0.25) is 0 Å². The van der Waals surface area contributed by atoms with Crippen LogP contribution >= 0.6 is 0 Å². The number of Topliss-reactive ketones (excluding diaryl/α,β-unsaturated/α-hetero) is 1. The Balaban J connectivity index is 1.83. The van der Waals surface area contributed by atoms with Crippen molar-refractivity contribution in [3.05, 3.63) is 77.1 Å². The van der Waals surface area contributed by atoms with E-state index >= 15 is 0 Å². The molecule has 0 heterocycles. The van der Waals surface area contributed by atoms with Gasteiger partial charge in [0, 0.05) is 29.4 Å². The summed E-state index contributed by atoms with van der Waals surface area (Å²) in [5, 5.41) is 5.36. The predicted octanol–water partition coefficient (Wildman–Crippen LogP) is 3.27. The van der Waals surface area contributed by atoms with Gasteiger partial charge in [0.05, 0.1) is 0 Å². The molecule has 0 spiro atoms. The molecule has 2 aromatic carbocycles. The molecule has 0 aliphatic heterocycles. The van der Waals surface area contributed by atoms with Crippen molar-refractivity contribution in [1.29, 1.82) is 0 Å². The first-order chi connectivity index (χ1) is 12.8. The Kier molecular flexibility index (Phi) is 7.00. The van der Waals surface area contributed by atoms with Crippen LogP contribution in [-0.2, 0) is 16.0 Å². The number of ketones is 1. The monoisotopic (exact) mass is 368 g/mol. The third kappa shape index (κ3) is 6.51. The highest BCUT2D eigenvalue weighted by atomic mass is 19.1. The summed E-state index contributed by atoms with van der Waals surface area (Å²) in [4.78, 5) is 35.3. The number of anilines is 1. The van der Waals surface area contributed by atoms with Gasteiger partial charge in [0.2, 0.25) is 5.91 Å². The Morgan fingerprint density at radius 3 is 2.19 bits per heavy atom. The standard InChI is InChI=1S/C21H21FN2O3/c1-14(21(27)24-19-9-5-17(6-10-19)15(2)25)13-20(26)23-12-11-16-3-7-18(22)8-4-16/h3-10,13H,11-12H2,1-2H3,(H,23,26)(H,24,27)/b14-13-. The highest BCUT2D eigenvalue weighted by molar-refractivity contribution is 6.07. The van der Waals surface area contributed by atoms with E-state index in [4.69, 9.17) is 0 Å². The van der Waals surface area contributed by atoms with Gasteiger partial charge in [-0.1, -0.05) is 12.1 Å². The molecule has 0 aromatic heterocycles. The summed E-state index contributed by atoms with van der Waals surface area (Å²) in [6, 6.07) is 12.6. The maximum Gasteiger partial charge on any atom is 0.251 e. The van der Waals surface area contributed by atoms with Crippen molar-refractivity contribution in [2.45, 2.75) is 20.3 Å². The van der Waals surface area contributed by atoms with Gasteiger partial charge in [-0.2, -0.15) is 0 Å². The SMILES string of the molecule is CC(=O)c1ccc(NC(=O)/C(C)=C\C(=O)NCCc2ccc(F)cc2)cc1. The third-order valence-corrected chi connectivity index (χ3v) is 3.88. The molecule has 2 rings (SSSR count). The minimum atomic E-state index is -0.403. The number of hydrogen-bond donors (Lipinski definition) is 2. The summed E-state index contributed by atoms with van der Waals surface area (Å²) >= 11 is 0. The molecule has 0 unspecified atom stereocenters. The Bertz CT molecular complexity index is 856. The summed E-state index contributed by atoms with van der Waals surface area (Å²) in [7, 11) is 0. The number of carbonyl (C=O) groups excluding carboxylic acids is 3. The van der Waals surface area contributed by atoms with Gasteiger partial charge in [0.15, 0.2) is 5.78 Å². The van der Waals surface area contributed by atoms with Crippen LogP contribution in [0.3, 0.4) is 0 Å². The van der Waals surface area contributed by atoms with Crippen LogP contribution in [0.4, 0.5) is 10.1 Å². The molecule has 0 aliphatic carbocycles. The molecule has 27 heavy (non-hydrogen) atoms. The van der Waals surface area contributed by atoms with Crippen molar-refractivity contribution in [1.82, 2.24) is 5.32 Å². The smallest absolute Gasteiger partial charge is 0.251 e. The lowest BCUT2D eigenvalue weighted by Crippen LogP contribution is -2.25. The molecule has 0 radical (unpaired) electrons. The van der Waals surface area contributed by atoms with E-state index in [9.17, 15) is 18.8 Å². The zero-order valence-electron chi connectivity index (χ0n) is 15.2. The molecule has 0 saturated heterocycles. The van der Waals surface area contributed by atoms with Crippen molar-refractivity contribution in [2.24, 2.45) is 0 Å². The number of carbonyl (C=O) groups is 3. The highest BCUT2D eigenvalue weighted by Crippen LogP contribution is 2.11. The first-order valence-corrected chi connectivity index (χ1v) is 8.48. The molecule has 140 valence electrons. The van der Waals surface area contributed by atoms with Crippen LogP contribution in [0.15, 0.2) is 60.2 Å². The molecule has 0 atom stereocenters.